The van der Waals surface area contributed by atoms with E-state index in [1.807, 2.05) is 0 Å². The third-order valence-corrected chi connectivity index (χ3v) is 3.17. The molecule has 0 aliphatic heterocycles. The van der Waals surface area contributed by atoms with Crippen LogP contribution >= 0.6 is 0 Å². The molecule has 126 valence electrons. The summed E-state index contributed by atoms with van der Waals surface area (Å²) in [5.41, 5.74) is 1.17. The van der Waals surface area contributed by atoms with Gasteiger partial charge in [0.25, 0.3) is 0 Å². The van der Waals surface area contributed by atoms with Crippen molar-refractivity contribution in [2.24, 2.45) is 7.05 Å². The number of halogens is 3. The molecule has 3 aromatic rings. The molecule has 0 bridgehead atoms. The van der Waals surface area contributed by atoms with Crippen LogP contribution in [0.15, 0.2) is 28.8 Å². The highest BCUT2D eigenvalue weighted by Gasteiger charge is 2.38. The zero-order chi connectivity index (χ0) is 17.3. The zero-order valence-corrected chi connectivity index (χ0v) is 12.5. The molecule has 1 atom stereocenters. The van der Waals surface area contributed by atoms with Gasteiger partial charge in [0, 0.05) is 12.6 Å². The van der Waals surface area contributed by atoms with E-state index in [0.29, 0.717) is 5.56 Å². The summed E-state index contributed by atoms with van der Waals surface area (Å²) < 4.78 is 48.6. The third kappa shape index (κ3) is 3.19. The molecule has 0 amide bonds. The number of aryl methyl sites for hydroxylation is 1. The van der Waals surface area contributed by atoms with Gasteiger partial charge < -0.3 is 9.26 Å². The van der Waals surface area contributed by atoms with Crippen molar-refractivity contribution in [3.05, 3.63) is 35.7 Å². The first-order chi connectivity index (χ1) is 11.3. The topological polar surface area (TPSA) is 91.8 Å². The molecule has 2 heterocycles. The molecule has 0 aliphatic rings. The Morgan fingerprint density at radius 3 is 2.46 bits per heavy atom. The van der Waals surface area contributed by atoms with E-state index in [1.165, 1.54) is 4.68 Å². The quantitative estimate of drug-likeness (QED) is 0.720. The van der Waals surface area contributed by atoms with Gasteiger partial charge in [-0.15, -0.1) is 0 Å². The predicted molar refractivity (Wildman–Crippen MR) is 72.6 cm³/mol. The second-order valence-electron chi connectivity index (χ2n) is 4.89. The number of benzene rings is 1. The van der Waals surface area contributed by atoms with E-state index in [2.05, 4.69) is 30.2 Å². The Morgan fingerprint density at radius 1 is 1.21 bits per heavy atom. The van der Waals surface area contributed by atoms with E-state index in [-0.39, 0.29) is 17.9 Å². The van der Waals surface area contributed by atoms with Gasteiger partial charge in [-0.2, -0.15) is 22.8 Å². The van der Waals surface area contributed by atoms with Gasteiger partial charge in [0.1, 0.15) is 6.10 Å². The fourth-order valence-corrected chi connectivity index (χ4v) is 1.91. The van der Waals surface area contributed by atoms with Crippen LogP contribution < -0.4 is 4.74 Å². The Morgan fingerprint density at radius 2 is 1.92 bits per heavy atom. The highest BCUT2D eigenvalue weighted by atomic mass is 19.4. The second-order valence-corrected chi connectivity index (χ2v) is 4.89. The van der Waals surface area contributed by atoms with E-state index < -0.39 is 12.1 Å². The normalized spacial score (nSPS) is 13.0. The summed E-state index contributed by atoms with van der Waals surface area (Å²) in [5.74, 6) is -1.52. The Labute approximate surface area is 133 Å². The summed E-state index contributed by atoms with van der Waals surface area (Å²) in [5, 5.41) is 14.2. The first-order valence-electron chi connectivity index (χ1n) is 6.75. The van der Waals surface area contributed by atoms with E-state index in [0.717, 1.165) is 5.56 Å². The summed E-state index contributed by atoms with van der Waals surface area (Å²) in [6.45, 7) is 1.79. The van der Waals surface area contributed by atoms with Crippen LogP contribution in [0.5, 0.6) is 6.01 Å². The summed E-state index contributed by atoms with van der Waals surface area (Å²) in [6, 6.07) is 6.78. The maximum absolute atomic E-state index is 12.5. The molecule has 0 N–H and O–H groups in total. The minimum Gasteiger partial charge on any atom is -0.455 e. The maximum atomic E-state index is 12.5. The van der Waals surface area contributed by atoms with Gasteiger partial charge in [-0.1, -0.05) is 34.5 Å². The standard InChI is InChI=1S/C13H11F3N6O2/c1-7(23-12-18-20-21-22(12)2)8-3-5-9(6-4-8)10-17-11(24-19-10)13(14,15)16/h3-7H,1-2H3. The average Bonchev–Trinajstić information content (AvgIpc) is 3.17. The Hall–Kier alpha value is -2.98. The van der Waals surface area contributed by atoms with Crippen LogP contribution in [-0.4, -0.2) is 30.3 Å². The number of rotatable bonds is 4. The molecule has 24 heavy (non-hydrogen) atoms. The number of alkyl halides is 3. The van der Waals surface area contributed by atoms with Gasteiger partial charge in [-0.05, 0) is 22.9 Å². The molecular formula is C13H11F3N6O2. The summed E-state index contributed by atoms with van der Waals surface area (Å²) in [7, 11) is 1.64. The number of tetrazole rings is 1. The predicted octanol–water partition coefficient (Wildman–Crippen LogP) is 2.42. The second kappa shape index (κ2) is 5.91. The van der Waals surface area contributed by atoms with Crippen molar-refractivity contribution in [2.45, 2.75) is 19.2 Å². The smallest absolute Gasteiger partial charge is 0.455 e. The van der Waals surface area contributed by atoms with Crippen molar-refractivity contribution in [1.82, 2.24) is 30.3 Å². The minimum absolute atomic E-state index is 0.139. The minimum atomic E-state index is -4.67. The molecule has 3 rings (SSSR count). The molecule has 0 radical (unpaired) electrons. The number of aromatic nitrogens is 6. The highest BCUT2D eigenvalue weighted by molar-refractivity contribution is 5.54. The summed E-state index contributed by atoms with van der Waals surface area (Å²) >= 11 is 0. The summed E-state index contributed by atoms with van der Waals surface area (Å²) in [6.07, 6.45) is -5.03. The Bertz CT molecular complexity index is 827. The van der Waals surface area contributed by atoms with Crippen molar-refractivity contribution in [2.75, 3.05) is 0 Å². The van der Waals surface area contributed by atoms with Gasteiger partial charge in [0.15, 0.2) is 0 Å². The van der Waals surface area contributed by atoms with E-state index in [9.17, 15) is 13.2 Å². The largest absolute Gasteiger partial charge is 0.471 e. The lowest BCUT2D eigenvalue weighted by Crippen LogP contribution is -2.07. The van der Waals surface area contributed by atoms with Crippen LogP contribution in [0.2, 0.25) is 0 Å². The number of hydrogen-bond acceptors (Lipinski definition) is 7. The van der Waals surface area contributed by atoms with Gasteiger partial charge in [-0.25, -0.2) is 0 Å². The van der Waals surface area contributed by atoms with Crippen molar-refractivity contribution in [3.8, 4) is 17.4 Å². The van der Waals surface area contributed by atoms with Crippen LogP contribution in [0.4, 0.5) is 13.2 Å². The first-order valence-corrected chi connectivity index (χ1v) is 6.75. The molecule has 0 aliphatic carbocycles. The van der Waals surface area contributed by atoms with Crippen LogP contribution in [0.1, 0.15) is 24.5 Å². The lowest BCUT2D eigenvalue weighted by atomic mass is 10.1. The molecule has 1 unspecified atom stereocenters. The van der Waals surface area contributed by atoms with Gasteiger partial charge in [0.2, 0.25) is 5.82 Å². The Balaban J connectivity index is 1.75. The van der Waals surface area contributed by atoms with E-state index in [1.54, 1.807) is 38.2 Å². The molecular weight excluding hydrogens is 329 g/mol. The monoisotopic (exact) mass is 340 g/mol. The molecule has 0 saturated carbocycles. The highest BCUT2D eigenvalue weighted by Crippen LogP contribution is 2.29. The van der Waals surface area contributed by atoms with Crippen molar-refractivity contribution >= 4 is 0 Å². The summed E-state index contributed by atoms with van der Waals surface area (Å²) in [4.78, 5) is 3.33. The van der Waals surface area contributed by atoms with Crippen molar-refractivity contribution < 1.29 is 22.4 Å². The number of hydrogen-bond donors (Lipinski definition) is 0. The number of nitrogens with zero attached hydrogens (tertiary/aromatic N) is 6. The van der Waals surface area contributed by atoms with Crippen LogP contribution in [0, 0.1) is 0 Å². The molecule has 0 spiro atoms. The van der Waals surface area contributed by atoms with Crippen molar-refractivity contribution in [1.29, 1.82) is 0 Å². The van der Waals surface area contributed by atoms with E-state index >= 15 is 0 Å². The van der Waals surface area contributed by atoms with Crippen molar-refractivity contribution in [3.63, 3.8) is 0 Å². The van der Waals surface area contributed by atoms with Crippen LogP contribution in [0.3, 0.4) is 0 Å². The zero-order valence-electron chi connectivity index (χ0n) is 12.5. The number of ether oxygens (including phenoxy) is 1. The van der Waals surface area contributed by atoms with Crippen LogP contribution in [-0.2, 0) is 13.2 Å². The molecule has 0 fully saturated rings. The maximum Gasteiger partial charge on any atom is 0.471 e. The first kappa shape index (κ1) is 15.9. The van der Waals surface area contributed by atoms with E-state index in [4.69, 9.17) is 4.74 Å². The SMILES string of the molecule is CC(Oc1nnnn1C)c1ccc(-c2noc(C(F)(F)F)n2)cc1. The third-order valence-electron chi connectivity index (χ3n) is 3.17. The van der Waals surface area contributed by atoms with Crippen LogP contribution in [0.25, 0.3) is 11.4 Å². The fourth-order valence-electron chi connectivity index (χ4n) is 1.91. The molecule has 0 saturated heterocycles. The van der Waals surface area contributed by atoms with Gasteiger partial charge >= 0.3 is 18.1 Å². The van der Waals surface area contributed by atoms with Gasteiger partial charge in [-0.3, -0.25) is 0 Å². The molecule has 2 aromatic heterocycles. The molecule has 1 aromatic carbocycles. The molecule has 8 nitrogen and oxygen atoms in total. The lowest BCUT2D eigenvalue weighted by molar-refractivity contribution is -0.159. The van der Waals surface area contributed by atoms with Gasteiger partial charge in [0.05, 0.1) is 0 Å². The molecule has 11 heteroatoms. The average molecular weight is 340 g/mol. The lowest BCUT2D eigenvalue weighted by Gasteiger charge is -2.13. The fraction of sp³-hybridized carbons (Fsp3) is 0.308. The Kier molecular flexibility index (Phi) is 3.91.